The summed E-state index contributed by atoms with van der Waals surface area (Å²) in [6.07, 6.45) is 21.5. The molecule has 2 aromatic rings. The van der Waals surface area contributed by atoms with Crippen LogP contribution in [0.25, 0.3) is 0 Å². The minimum Gasteiger partial charge on any atom is -0.486 e. The highest BCUT2D eigenvalue weighted by atomic mass is 35.5. The van der Waals surface area contributed by atoms with Crippen molar-refractivity contribution >= 4 is 17.5 Å². The standard InChI is InChI=1S/C31H48ClNO3/c1-3-4-5-6-7-8-9-10-11-12-13-14-15-16-17-18-23-33-31(34)30-22-20-28(36-30)25-35-27-19-21-29(32)26(2)24-27/h19-22,24H,3-18,23,25H2,1-2H3,(H,33,34). The normalized spacial score (nSPS) is 11.1. The molecule has 0 aliphatic heterocycles. The van der Waals surface area contributed by atoms with Crippen LogP contribution in [0.5, 0.6) is 5.75 Å². The smallest absolute Gasteiger partial charge is 0.286 e. The van der Waals surface area contributed by atoms with E-state index in [0.717, 1.165) is 24.2 Å². The highest BCUT2D eigenvalue weighted by molar-refractivity contribution is 6.31. The van der Waals surface area contributed by atoms with Gasteiger partial charge in [-0.25, -0.2) is 0 Å². The Hall–Kier alpha value is -1.94. The van der Waals surface area contributed by atoms with Gasteiger partial charge in [-0.05, 0) is 49.2 Å². The molecule has 1 aromatic heterocycles. The van der Waals surface area contributed by atoms with Gasteiger partial charge in [-0.3, -0.25) is 4.79 Å². The van der Waals surface area contributed by atoms with Crippen molar-refractivity contribution in [1.82, 2.24) is 5.32 Å². The molecule has 1 aromatic carbocycles. The molecular formula is C31H48ClNO3. The van der Waals surface area contributed by atoms with Gasteiger partial charge in [0.15, 0.2) is 5.76 Å². The summed E-state index contributed by atoms with van der Waals surface area (Å²) in [5.74, 6) is 1.51. The van der Waals surface area contributed by atoms with Gasteiger partial charge in [0.2, 0.25) is 0 Å². The Morgan fingerprint density at radius 2 is 1.36 bits per heavy atom. The van der Waals surface area contributed by atoms with Gasteiger partial charge in [0.25, 0.3) is 5.91 Å². The number of carbonyl (C=O) groups is 1. The molecule has 0 unspecified atom stereocenters. The van der Waals surface area contributed by atoms with Crippen LogP contribution < -0.4 is 10.1 Å². The van der Waals surface area contributed by atoms with Gasteiger partial charge in [0.1, 0.15) is 18.1 Å². The molecule has 0 radical (unpaired) electrons. The van der Waals surface area contributed by atoms with E-state index in [0.29, 0.717) is 23.1 Å². The SMILES string of the molecule is CCCCCCCCCCCCCCCCCCNC(=O)c1ccc(COc2ccc(Cl)c(C)c2)o1. The van der Waals surface area contributed by atoms with Gasteiger partial charge in [-0.15, -0.1) is 0 Å². The lowest BCUT2D eigenvalue weighted by Gasteiger charge is -2.06. The van der Waals surface area contributed by atoms with Crippen LogP contribution in [0.2, 0.25) is 5.02 Å². The molecule has 2 rings (SSSR count). The van der Waals surface area contributed by atoms with Gasteiger partial charge >= 0.3 is 0 Å². The fraction of sp³-hybridized carbons (Fsp3) is 0.645. The van der Waals surface area contributed by atoms with Gasteiger partial charge in [0.05, 0.1) is 0 Å². The Morgan fingerprint density at radius 1 is 0.806 bits per heavy atom. The zero-order valence-corrected chi connectivity index (χ0v) is 23.5. The van der Waals surface area contributed by atoms with E-state index < -0.39 is 0 Å². The molecule has 5 heteroatoms. The second-order valence-electron chi connectivity index (χ2n) is 10.0. The average Bonchev–Trinajstić information content (AvgIpc) is 3.36. The van der Waals surface area contributed by atoms with Crippen molar-refractivity contribution in [1.29, 1.82) is 0 Å². The van der Waals surface area contributed by atoms with Gasteiger partial charge in [-0.2, -0.15) is 0 Å². The van der Waals surface area contributed by atoms with E-state index in [-0.39, 0.29) is 12.5 Å². The van der Waals surface area contributed by atoms with Crippen molar-refractivity contribution in [3.63, 3.8) is 0 Å². The number of aryl methyl sites for hydroxylation is 1. The van der Waals surface area contributed by atoms with E-state index in [1.807, 2.05) is 25.1 Å². The number of hydrogen-bond acceptors (Lipinski definition) is 3. The first-order valence-corrected chi connectivity index (χ1v) is 14.7. The number of benzene rings is 1. The Kier molecular flexibility index (Phi) is 16.2. The molecule has 202 valence electrons. The van der Waals surface area contributed by atoms with Crippen molar-refractivity contribution in [2.24, 2.45) is 0 Å². The summed E-state index contributed by atoms with van der Waals surface area (Å²) >= 11 is 6.04. The van der Waals surface area contributed by atoms with Crippen LogP contribution in [-0.4, -0.2) is 12.5 Å². The Labute approximate surface area is 224 Å². The number of halogens is 1. The third-order valence-electron chi connectivity index (χ3n) is 6.71. The van der Waals surface area contributed by atoms with Gasteiger partial charge in [-0.1, -0.05) is 115 Å². The third kappa shape index (κ3) is 13.4. The summed E-state index contributed by atoms with van der Waals surface area (Å²) in [6.45, 7) is 5.17. The molecule has 0 aliphatic rings. The highest BCUT2D eigenvalue weighted by Gasteiger charge is 2.11. The van der Waals surface area contributed by atoms with Crippen LogP contribution >= 0.6 is 11.6 Å². The minimum atomic E-state index is -0.162. The van der Waals surface area contributed by atoms with E-state index in [1.165, 1.54) is 89.9 Å². The Morgan fingerprint density at radius 3 is 1.92 bits per heavy atom. The fourth-order valence-electron chi connectivity index (χ4n) is 4.40. The summed E-state index contributed by atoms with van der Waals surface area (Å²) in [5.41, 5.74) is 0.961. The van der Waals surface area contributed by atoms with Crippen molar-refractivity contribution < 1.29 is 13.9 Å². The van der Waals surface area contributed by atoms with Crippen LogP contribution in [0.4, 0.5) is 0 Å². The summed E-state index contributed by atoms with van der Waals surface area (Å²) in [5, 5.41) is 3.67. The number of ether oxygens (including phenoxy) is 1. The maximum absolute atomic E-state index is 12.3. The van der Waals surface area contributed by atoms with Crippen molar-refractivity contribution in [2.45, 2.75) is 123 Å². The lowest BCUT2D eigenvalue weighted by atomic mass is 10.0. The monoisotopic (exact) mass is 517 g/mol. The largest absolute Gasteiger partial charge is 0.486 e. The molecule has 0 spiro atoms. The maximum Gasteiger partial charge on any atom is 0.286 e. The fourth-order valence-corrected chi connectivity index (χ4v) is 4.52. The van der Waals surface area contributed by atoms with E-state index in [4.69, 9.17) is 20.8 Å². The first kappa shape index (κ1) is 30.3. The first-order chi connectivity index (χ1) is 17.6. The van der Waals surface area contributed by atoms with Gasteiger partial charge in [0, 0.05) is 11.6 Å². The zero-order valence-electron chi connectivity index (χ0n) is 22.7. The summed E-state index contributed by atoms with van der Waals surface area (Å²) in [4.78, 5) is 12.3. The Balaban J connectivity index is 1.41. The van der Waals surface area contributed by atoms with E-state index >= 15 is 0 Å². The summed E-state index contributed by atoms with van der Waals surface area (Å²) in [6, 6.07) is 9.01. The van der Waals surface area contributed by atoms with E-state index in [1.54, 1.807) is 12.1 Å². The van der Waals surface area contributed by atoms with Crippen LogP contribution in [-0.2, 0) is 6.61 Å². The Bertz CT molecular complexity index is 848. The lowest BCUT2D eigenvalue weighted by Crippen LogP contribution is -2.23. The number of unbranched alkanes of at least 4 members (excludes halogenated alkanes) is 15. The molecule has 0 saturated carbocycles. The second kappa shape index (κ2) is 19.2. The lowest BCUT2D eigenvalue weighted by molar-refractivity contribution is 0.0921. The first-order valence-electron chi connectivity index (χ1n) is 14.4. The molecule has 1 heterocycles. The number of furan rings is 1. The average molecular weight is 518 g/mol. The number of carbonyl (C=O) groups excluding carboxylic acids is 1. The molecule has 0 saturated heterocycles. The number of amides is 1. The van der Waals surface area contributed by atoms with Crippen molar-refractivity contribution in [2.75, 3.05) is 6.54 Å². The molecule has 1 N–H and O–H groups in total. The number of nitrogens with one attached hydrogen (secondary N) is 1. The second-order valence-corrected chi connectivity index (χ2v) is 10.4. The zero-order chi connectivity index (χ0) is 25.8. The predicted molar refractivity (Wildman–Crippen MR) is 151 cm³/mol. The summed E-state index contributed by atoms with van der Waals surface area (Å²) in [7, 11) is 0. The molecule has 0 fully saturated rings. The van der Waals surface area contributed by atoms with Crippen LogP contribution in [0.1, 0.15) is 132 Å². The molecule has 36 heavy (non-hydrogen) atoms. The van der Waals surface area contributed by atoms with Crippen molar-refractivity contribution in [3.05, 3.63) is 52.4 Å². The minimum absolute atomic E-state index is 0.162. The summed E-state index contributed by atoms with van der Waals surface area (Å²) < 4.78 is 11.4. The number of hydrogen-bond donors (Lipinski definition) is 1. The predicted octanol–water partition coefficient (Wildman–Crippen LogP) is 9.81. The van der Waals surface area contributed by atoms with Crippen LogP contribution in [0.3, 0.4) is 0 Å². The third-order valence-corrected chi connectivity index (χ3v) is 7.14. The highest BCUT2D eigenvalue weighted by Crippen LogP contribution is 2.22. The molecule has 0 aliphatic carbocycles. The molecular weight excluding hydrogens is 470 g/mol. The van der Waals surface area contributed by atoms with E-state index in [2.05, 4.69) is 12.2 Å². The van der Waals surface area contributed by atoms with Crippen LogP contribution in [0, 0.1) is 6.92 Å². The quantitative estimate of drug-likeness (QED) is 0.167. The van der Waals surface area contributed by atoms with E-state index in [9.17, 15) is 4.79 Å². The topological polar surface area (TPSA) is 51.5 Å². The van der Waals surface area contributed by atoms with Gasteiger partial charge < -0.3 is 14.5 Å². The molecule has 0 bridgehead atoms. The molecule has 1 amide bonds. The maximum atomic E-state index is 12.3. The molecule has 0 atom stereocenters. The van der Waals surface area contributed by atoms with Crippen molar-refractivity contribution in [3.8, 4) is 5.75 Å². The van der Waals surface area contributed by atoms with Crippen LogP contribution in [0.15, 0.2) is 34.7 Å². The molecule has 4 nitrogen and oxygen atoms in total. The number of rotatable bonds is 21.